The van der Waals surface area contributed by atoms with E-state index < -0.39 is 0 Å². The van der Waals surface area contributed by atoms with Crippen LogP contribution in [0.4, 0.5) is 0 Å². The fourth-order valence-electron chi connectivity index (χ4n) is 2.86. The molecular formula is C17H27Cl2N3. The molecular weight excluding hydrogens is 317 g/mol. The van der Waals surface area contributed by atoms with Gasteiger partial charge in [0.2, 0.25) is 0 Å². The topological polar surface area (TPSA) is 39.1 Å². The van der Waals surface area contributed by atoms with Gasteiger partial charge in [0.05, 0.1) is 11.6 Å². The van der Waals surface area contributed by atoms with Crippen molar-refractivity contribution in [3.05, 3.63) is 35.4 Å². The highest BCUT2D eigenvalue weighted by Gasteiger charge is 2.22. The monoisotopic (exact) mass is 343 g/mol. The molecule has 1 aliphatic heterocycles. The lowest BCUT2D eigenvalue weighted by Crippen LogP contribution is -2.45. The third-order valence-corrected chi connectivity index (χ3v) is 4.01. The van der Waals surface area contributed by atoms with E-state index in [1.54, 1.807) is 0 Å². The molecule has 1 aromatic rings. The average Bonchev–Trinajstić information content (AvgIpc) is 2.48. The molecule has 1 atom stereocenters. The molecule has 1 fully saturated rings. The highest BCUT2D eigenvalue weighted by atomic mass is 35.5. The van der Waals surface area contributed by atoms with Gasteiger partial charge in [0.15, 0.2) is 0 Å². The maximum absolute atomic E-state index is 9.10. The minimum absolute atomic E-state index is 0. The van der Waals surface area contributed by atoms with E-state index in [2.05, 4.69) is 42.3 Å². The molecule has 0 unspecified atom stereocenters. The number of nitrogens with one attached hydrogen (secondary N) is 1. The Kier molecular flexibility index (Phi) is 10.5. The lowest BCUT2D eigenvalue weighted by molar-refractivity contribution is 0.160. The molecule has 124 valence electrons. The zero-order valence-corrected chi connectivity index (χ0v) is 15.1. The van der Waals surface area contributed by atoms with E-state index in [1.165, 1.54) is 18.4 Å². The van der Waals surface area contributed by atoms with Gasteiger partial charge < -0.3 is 5.32 Å². The van der Waals surface area contributed by atoms with Gasteiger partial charge in [-0.1, -0.05) is 26.0 Å². The van der Waals surface area contributed by atoms with E-state index in [1.807, 2.05) is 12.1 Å². The quantitative estimate of drug-likeness (QED) is 0.883. The van der Waals surface area contributed by atoms with Crippen LogP contribution in [0, 0.1) is 17.2 Å². The van der Waals surface area contributed by atoms with Gasteiger partial charge in [0, 0.05) is 32.2 Å². The lowest BCUT2D eigenvalue weighted by atomic mass is 9.95. The van der Waals surface area contributed by atoms with Crippen LogP contribution >= 0.6 is 24.8 Å². The number of hydrogen-bond donors (Lipinski definition) is 1. The average molecular weight is 344 g/mol. The van der Waals surface area contributed by atoms with E-state index in [9.17, 15) is 0 Å². The first kappa shape index (κ1) is 21.2. The molecule has 0 aliphatic carbocycles. The van der Waals surface area contributed by atoms with E-state index >= 15 is 0 Å². The standard InChI is InChI=1S/C17H25N3.2ClH/c1-14(2)6-7-17(20-10-8-19-9-11-20)16-5-3-4-15(12-16)13-18;;/h3-5,12,14,17,19H,6-11H2,1-2H3;2*1H/t17-;;/m0../s1. The molecule has 0 aromatic heterocycles. The SMILES string of the molecule is CC(C)CC[C@@H](c1cccc(C#N)c1)N1CCNCC1.Cl.Cl. The maximum atomic E-state index is 9.10. The molecule has 0 radical (unpaired) electrons. The number of nitrogens with zero attached hydrogens (tertiary/aromatic N) is 2. The normalized spacial score (nSPS) is 16.3. The Bertz CT molecular complexity index is 465. The number of rotatable bonds is 5. The van der Waals surface area contributed by atoms with Crippen LogP contribution in [0.1, 0.15) is 43.9 Å². The van der Waals surface area contributed by atoms with Crippen LogP contribution in [0.5, 0.6) is 0 Å². The minimum atomic E-state index is 0. The van der Waals surface area contributed by atoms with E-state index in [0.717, 1.165) is 37.7 Å². The molecule has 0 spiro atoms. The van der Waals surface area contributed by atoms with Gasteiger partial charge in [-0.3, -0.25) is 4.90 Å². The Labute approximate surface area is 146 Å². The summed E-state index contributed by atoms with van der Waals surface area (Å²) in [6.45, 7) is 8.88. The molecule has 1 heterocycles. The van der Waals surface area contributed by atoms with E-state index in [0.29, 0.717) is 6.04 Å². The first-order valence-electron chi connectivity index (χ1n) is 7.65. The summed E-state index contributed by atoms with van der Waals surface area (Å²) < 4.78 is 0. The maximum Gasteiger partial charge on any atom is 0.0991 e. The van der Waals surface area contributed by atoms with Crippen molar-refractivity contribution in [2.45, 2.75) is 32.7 Å². The van der Waals surface area contributed by atoms with Gasteiger partial charge in [-0.15, -0.1) is 24.8 Å². The van der Waals surface area contributed by atoms with Crippen LogP contribution in [0.3, 0.4) is 0 Å². The molecule has 1 aliphatic rings. The van der Waals surface area contributed by atoms with Gasteiger partial charge in [0.25, 0.3) is 0 Å². The Morgan fingerprint density at radius 1 is 1.18 bits per heavy atom. The Morgan fingerprint density at radius 2 is 1.86 bits per heavy atom. The summed E-state index contributed by atoms with van der Waals surface area (Å²) in [7, 11) is 0. The fraction of sp³-hybridized carbons (Fsp3) is 0.588. The van der Waals surface area contributed by atoms with Crippen molar-refractivity contribution in [3.8, 4) is 6.07 Å². The summed E-state index contributed by atoms with van der Waals surface area (Å²) in [4.78, 5) is 2.56. The summed E-state index contributed by atoms with van der Waals surface area (Å²) >= 11 is 0. The summed E-state index contributed by atoms with van der Waals surface area (Å²) in [5.74, 6) is 0.722. The van der Waals surface area contributed by atoms with Gasteiger partial charge in [-0.2, -0.15) is 5.26 Å². The zero-order chi connectivity index (χ0) is 14.4. The Morgan fingerprint density at radius 3 is 2.45 bits per heavy atom. The second kappa shape index (κ2) is 10.9. The summed E-state index contributed by atoms with van der Waals surface area (Å²) in [5, 5.41) is 12.5. The van der Waals surface area contributed by atoms with Crippen molar-refractivity contribution in [3.63, 3.8) is 0 Å². The predicted molar refractivity (Wildman–Crippen MR) is 96.9 cm³/mol. The molecule has 1 saturated heterocycles. The Hall–Kier alpha value is -0.790. The second-order valence-electron chi connectivity index (χ2n) is 6.01. The van der Waals surface area contributed by atoms with Crippen LogP contribution < -0.4 is 5.32 Å². The van der Waals surface area contributed by atoms with Crippen molar-refractivity contribution in [2.24, 2.45) is 5.92 Å². The second-order valence-corrected chi connectivity index (χ2v) is 6.01. The smallest absolute Gasteiger partial charge is 0.0991 e. The van der Waals surface area contributed by atoms with Crippen molar-refractivity contribution in [2.75, 3.05) is 26.2 Å². The number of halogens is 2. The number of hydrogen-bond acceptors (Lipinski definition) is 3. The summed E-state index contributed by atoms with van der Waals surface area (Å²) in [6, 6.07) is 10.8. The third-order valence-electron chi connectivity index (χ3n) is 4.01. The van der Waals surface area contributed by atoms with Gasteiger partial charge in [-0.05, 0) is 36.5 Å². The van der Waals surface area contributed by atoms with Crippen molar-refractivity contribution in [1.29, 1.82) is 5.26 Å². The fourth-order valence-corrected chi connectivity index (χ4v) is 2.86. The highest BCUT2D eigenvalue weighted by Crippen LogP contribution is 2.28. The zero-order valence-electron chi connectivity index (χ0n) is 13.4. The van der Waals surface area contributed by atoms with Crippen LogP contribution in [-0.4, -0.2) is 31.1 Å². The molecule has 1 aromatic carbocycles. The van der Waals surface area contributed by atoms with Gasteiger partial charge >= 0.3 is 0 Å². The highest BCUT2D eigenvalue weighted by molar-refractivity contribution is 5.85. The minimum Gasteiger partial charge on any atom is -0.314 e. The van der Waals surface area contributed by atoms with Crippen LogP contribution in [0.15, 0.2) is 24.3 Å². The van der Waals surface area contributed by atoms with Crippen molar-refractivity contribution >= 4 is 24.8 Å². The van der Waals surface area contributed by atoms with E-state index in [-0.39, 0.29) is 24.8 Å². The lowest BCUT2D eigenvalue weighted by Gasteiger charge is -2.35. The first-order chi connectivity index (χ1) is 9.70. The molecule has 1 N–H and O–H groups in total. The molecule has 5 heteroatoms. The van der Waals surface area contributed by atoms with E-state index in [4.69, 9.17) is 5.26 Å². The largest absolute Gasteiger partial charge is 0.314 e. The molecule has 0 amide bonds. The number of piperazine rings is 1. The van der Waals surface area contributed by atoms with Crippen molar-refractivity contribution in [1.82, 2.24) is 10.2 Å². The van der Waals surface area contributed by atoms with Crippen LogP contribution in [0.25, 0.3) is 0 Å². The number of nitriles is 1. The van der Waals surface area contributed by atoms with Crippen LogP contribution in [0.2, 0.25) is 0 Å². The van der Waals surface area contributed by atoms with Crippen LogP contribution in [-0.2, 0) is 0 Å². The third kappa shape index (κ3) is 6.14. The first-order valence-corrected chi connectivity index (χ1v) is 7.65. The van der Waals surface area contributed by atoms with Crippen molar-refractivity contribution < 1.29 is 0 Å². The van der Waals surface area contributed by atoms with Gasteiger partial charge in [-0.25, -0.2) is 0 Å². The molecule has 0 bridgehead atoms. The van der Waals surface area contributed by atoms with Gasteiger partial charge in [0.1, 0.15) is 0 Å². The molecule has 22 heavy (non-hydrogen) atoms. The predicted octanol–water partition coefficient (Wildman–Crippen LogP) is 3.78. The summed E-state index contributed by atoms with van der Waals surface area (Å²) in [6.07, 6.45) is 2.40. The molecule has 2 rings (SSSR count). The molecule has 0 saturated carbocycles. The summed E-state index contributed by atoms with van der Waals surface area (Å²) in [5.41, 5.74) is 2.07. The molecule has 3 nitrogen and oxygen atoms in total. The Balaban J connectivity index is 0.00000220. The number of benzene rings is 1.